The zero-order valence-corrected chi connectivity index (χ0v) is 48.6. The number of unbranched alkanes of at least 4 members (excludes halogenated alkanes) is 6. The van der Waals surface area contributed by atoms with E-state index in [2.05, 4.69) is 256 Å². The maximum Gasteiger partial charge on any atom is 0.0726 e. The van der Waals surface area contributed by atoms with Crippen LogP contribution >= 0.6 is 0 Å². The fraction of sp³-hybridized carbons (Fsp3) is 0.278. The summed E-state index contributed by atoms with van der Waals surface area (Å²) < 4.78 is 0. The number of rotatable bonds is 14. The maximum atomic E-state index is 5.74. The Labute approximate surface area is 477 Å². The van der Waals surface area contributed by atoms with Gasteiger partial charge in [0.2, 0.25) is 0 Å². The molecule has 1 spiro atoms. The SMILES string of the molecule is CCCCCCc1cccc(C2(c3cccc(CCCCCC)c3)c3ccccc3-c3cc4nc(-c5ccc6c(c5)C5(c7cc(-c8ccccc8)ccc7-6)c6cc(C(C)(C)C)ccc6-c6ccc(C(C)(C)C)cc65)ccc4cc32)c1. The van der Waals surface area contributed by atoms with Crippen molar-refractivity contribution >= 4 is 10.9 Å². The van der Waals surface area contributed by atoms with Crippen LogP contribution in [0, 0.1) is 0 Å². The minimum Gasteiger partial charge on any atom is -0.248 e. The van der Waals surface area contributed by atoms with Gasteiger partial charge in [-0.25, -0.2) is 4.98 Å². The molecule has 1 aromatic heterocycles. The average molecular weight is 1040 g/mol. The average Bonchev–Trinajstić information content (AvgIpc) is 4.26. The molecule has 13 rings (SSSR count). The smallest absolute Gasteiger partial charge is 0.0726 e. The van der Waals surface area contributed by atoms with E-state index in [4.69, 9.17) is 4.98 Å². The van der Waals surface area contributed by atoms with E-state index < -0.39 is 10.8 Å². The van der Waals surface area contributed by atoms with E-state index >= 15 is 0 Å². The van der Waals surface area contributed by atoms with Crippen LogP contribution in [0.3, 0.4) is 0 Å². The van der Waals surface area contributed by atoms with Crippen LogP contribution in [0.4, 0.5) is 0 Å². The van der Waals surface area contributed by atoms with Crippen LogP contribution in [-0.4, -0.2) is 4.98 Å². The van der Waals surface area contributed by atoms with Gasteiger partial charge in [-0.15, -0.1) is 0 Å². The number of aromatic nitrogens is 1. The monoisotopic (exact) mass is 1040 g/mol. The second-order valence-corrected chi connectivity index (χ2v) is 25.8. The molecule has 0 unspecified atom stereocenters. The number of hydrogen-bond acceptors (Lipinski definition) is 1. The maximum absolute atomic E-state index is 5.74. The molecule has 1 nitrogen and oxygen atoms in total. The lowest BCUT2D eigenvalue weighted by Gasteiger charge is -2.34. The second-order valence-electron chi connectivity index (χ2n) is 25.8. The third kappa shape index (κ3) is 8.44. The van der Waals surface area contributed by atoms with Gasteiger partial charge in [0.25, 0.3) is 0 Å². The van der Waals surface area contributed by atoms with E-state index in [0.717, 1.165) is 35.0 Å². The first-order valence-electron chi connectivity index (χ1n) is 30.2. The fourth-order valence-corrected chi connectivity index (χ4v) is 14.4. The van der Waals surface area contributed by atoms with Gasteiger partial charge in [-0.1, -0.05) is 264 Å². The summed E-state index contributed by atoms with van der Waals surface area (Å²) in [6.45, 7) is 18.7. The number of pyridine rings is 1. The van der Waals surface area contributed by atoms with Gasteiger partial charge in [-0.05, 0) is 178 Å². The predicted octanol–water partition coefficient (Wildman–Crippen LogP) is 21.1. The predicted molar refractivity (Wildman–Crippen MR) is 339 cm³/mol. The highest BCUT2D eigenvalue weighted by atomic mass is 14.7. The number of benzene rings is 9. The van der Waals surface area contributed by atoms with E-state index in [1.54, 1.807) is 0 Å². The summed E-state index contributed by atoms with van der Waals surface area (Å²) in [6.07, 6.45) is 12.2. The fourth-order valence-electron chi connectivity index (χ4n) is 14.4. The summed E-state index contributed by atoms with van der Waals surface area (Å²) in [5.41, 5.74) is 28.8. The molecule has 10 aromatic rings. The van der Waals surface area contributed by atoms with Gasteiger partial charge in [0.05, 0.1) is 22.0 Å². The van der Waals surface area contributed by atoms with Gasteiger partial charge < -0.3 is 0 Å². The Morgan fingerprint density at radius 1 is 0.338 bits per heavy atom. The van der Waals surface area contributed by atoms with Crippen molar-refractivity contribution in [2.75, 3.05) is 0 Å². The molecule has 0 atom stereocenters. The first kappa shape index (κ1) is 51.8. The lowest BCUT2D eigenvalue weighted by atomic mass is 9.67. The van der Waals surface area contributed by atoms with Crippen LogP contribution in [0.15, 0.2) is 200 Å². The van der Waals surface area contributed by atoms with Crippen molar-refractivity contribution in [1.82, 2.24) is 4.98 Å². The molecule has 0 bridgehead atoms. The van der Waals surface area contributed by atoms with Crippen molar-refractivity contribution in [3.8, 4) is 55.8 Å². The first-order valence-corrected chi connectivity index (χ1v) is 30.2. The molecule has 1 heterocycles. The van der Waals surface area contributed by atoms with E-state index in [0.29, 0.717) is 0 Å². The topological polar surface area (TPSA) is 12.9 Å². The number of nitrogens with zero attached hydrogens (tertiary/aromatic N) is 1. The Bertz CT molecular complexity index is 3880. The quantitative estimate of drug-likeness (QED) is 0.0989. The van der Waals surface area contributed by atoms with Crippen molar-refractivity contribution in [1.29, 1.82) is 0 Å². The molecular formula is C79H77N. The molecular weight excluding hydrogens is 963 g/mol. The highest BCUT2D eigenvalue weighted by Gasteiger charge is 2.53. The van der Waals surface area contributed by atoms with Gasteiger partial charge in [0.15, 0.2) is 0 Å². The summed E-state index contributed by atoms with van der Waals surface area (Å²) in [6, 6.07) is 78.4. The molecule has 0 radical (unpaired) electrons. The van der Waals surface area contributed by atoms with Gasteiger partial charge in [-0.3, -0.25) is 0 Å². The molecule has 80 heavy (non-hydrogen) atoms. The third-order valence-electron chi connectivity index (χ3n) is 18.6. The van der Waals surface area contributed by atoms with Crippen LogP contribution in [-0.2, 0) is 34.5 Å². The lowest BCUT2D eigenvalue weighted by Crippen LogP contribution is -2.29. The van der Waals surface area contributed by atoms with E-state index in [9.17, 15) is 0 Å². The highest BCUT2D eigenvalue weighted by molar-refractivity contribution is 5.99. The minimum absolute atomic E-state index is 0.0369. The van der Waals surface area contributed by atoms with Crippen LogP contribution in [0.25, 0.3) is 66.7 Å². The van der Waals surface area contributed by atoms with Gasteiger partial charge in [0, 0.05) is 10.9 Å². The molecule has 0 fully saturated rings. The zero-order chi connectivity index (χ0) is 55.0. The zero-order valence-electron chi connectivity index (χ0n) is 48.6. The Morgan fingerprint density at radius 3 is 1.41 bits per heavy atom. The molecule has 0 saturated carbocycles. The lowest BCUT2D eigenvalue weighted by molar-refractivity contribution is 0.586. The first-order chi connectivity index (χ1) is 38.8. The second kappa shape index (κ2) is 20.2. The van der Waals surface area contributed by atoms with Crippen LogP contribution < -0.4 is 0 Å². The largest absolute Gasteiger partial charge is 0.248 e. The number of fused-ring (bicyclic) bond motifs is 14. The summed E-state index contributed by atoms with van der Waals surface area (Å²) in [7, 11) is 0. The summed E-state index contributed by atoms with van der Waals surface area (Å²) >= 11 is 0. The molecule has 1 heteroatoms. The number of hydrogen-bond donors (Lipinski definition) is 0. The van der Waals surface area contributed by atoms with E-state index in [-0.39, 0.29) is 10.8 Å². The minimum atomic E-state index is -0.553. The normalized spacial score (nSPS) is 14.2. The molecule has 0 aliphatic heterocycles. The van der Waals surface area contributed by atoms with Crippen molar-refractivity contribution in [3.63, 3.8) is 0 Å². The Hall–Kier alpha value is -7.61. The summed E-state index contributed by atoms with van der Waals surface area (Å²) in [4.78, 5) is 5.74. The van der Waals surface area contributed by atoms with Gasteiger partial charge >= 0.3 is 0 Å². The third-order valence-corrected chi connectivity index (χ3v) is 18.6. The molecule has 9 aromatic carbocycles. The summed E-state index contributed by atoms with van der Waals surface area (Å²) in [5, 5.41) is 1.16. The van der Waals surface area contributed by atoms with Crippen molar-refractivity contribution in [2.45, 2.75) is 141 Å². The summed E-state index contributed by atoms with van der Waals surface area (Å²) in [5.74, 6) is 0. The Balaban J connectivity index is 1.00. The molecule has 398 valence electrons. The van der Waals surface area contributed by atoms with Crippen LogP contribution in [0.5, 0.6) is 0 Å². The standard InChI is InChI=1S/C79H77N/c1-9-11-13-16-24-52-26-22-30-60(44-52)78(61-31-23-27-53(45-61)25-17-14-12-10-2)68-33-21-20-32-62(68)67-51-75-57(48-71(67)78)36-43-74(80-75)56-35-40-64-63-39-34-55(54-28-18-15-19-29-54)46-69(63)79(70(64)47-56)72-49-58(76(3,4)5)37-41-65(72)66-42-38-59(50-73(66)79)77(6,7)8/h15,18-23,26-51H,9-14,16-17,24-25H2,1-8H3. The Kier molecular flexibility index (Phi) is 13.1. The van der Waals surface area contributed by atoms with Gasteiger partial charge in [0.1, 0.15) is 0 Å². The van der Waals surface area contributed by atoms with E-state index in [1.165, 1.54) is 163 Å². The number of aryl methyl sites for hydroxylation is 2. The molecule has 3 aliphatic carbocycles. The molecule has 0 N–H and O–H groups in total. The Morgan fingerprint density at radius 2 is 0.838 bits per heavy atom. The highest BCUT2D eigenvalue weighted by Crippen LogP contribution is 2.65. The van der Waals surface area contributed by atoms with Crippen molar-refractivity contribution in [2.24, 2.45) is 0 Å². The van der Waals surface area contributed by atoms with Crippen LogP contribution in [0.2, 0.25) is 0 Å². The molecule has 3 aliphatic rings. The molecule has 0 saturated heterocycles. The van der Waals surface area contributed by atoms with Crippen molar-refractivity contribution in [3.05, 3.63) is 267 Å². The van der Waals surface area contributed by atoms with Crippen LogP contribution in [0.1, 0.15) is 174 Å². The van der Waals surface area contributed by atoms with Gasteiger partial charge in [-0.2, -0.15) is 0 Å². The van der Waals surface area contributed by atoms with Crippen molar-refractivity contribution < 1.29 is 0 Å². The van der Waals surface area contributed by atoms with E-state index in [1.807, 2.05) is 0 Å². The molecule has 0 amide bonds.